The van der Waals surface area contributed by atoms with Crippen molar-refractivity contribution in [1.29, 1.82) is 0 Å². The van der Waals surface area contributed by atoms with Gasteiger partial charge in [-0.15, -0.1) is 12.1 Å². The molecule has 0 aromatic heterocycles. The average Bonchev–Trinajstić information content (AvgIpc) is 1.88. The summed E-state index contributed by atoms with van der Waals surface area (Å²) in [5.41, 5.74) is 1.21. The molecule has 1 rings (SSSR count). The van der Waals surface area contributed by atoms with E-state index in [9.17, 15) is 0 Å². The third-order valence-electron chi connectivity index (χ3n) is 1.49. The second-order valence-corrected chi connectivity index (χ2v) is 2.66. The standard InChI is InChI=1S/C9H11O.W/c1-7(2)8-3-5-9(10)6-4-8;/h3-5,7,10H,1-2H3;/q-1;. The molecule has 0 aliphatic heterocycles. The fourth-order valence-corrected chi connectivity index (χ4v) is 0.788. The molecule has 0 aliphatic rings. The van der Waals surface area contributed by atoms with Gasteiger partial charge in [0.15, 0.2) is 0 Å². The number of benzene rings is 1. The Morgan fingerprint density at radius 3 is 2.36 bits per heavy atom. The van der Waals surface area contributed by atoms with Crippen molar-refractivity contribution in [3.05, 3.63) is 29.8 Å². The summed E-state index contributed by atoms with van der Waals surface area (Å²) in [5.74, 6) is 0.723. The van der Waals surface area contributed by atoms with Gasteiger partial charge in [-0.2, -0.15) is 17.7 Å². The quantitative estimate of drug-likeness (QED) is 0.788. The summed E-state index contributed by atoms with van der Waals surface area (Å²) in [6, 6.07) is 8.13. The molecule has 0 fully saturated rings. The minimum absolute atomic E-state index is 0. The Bertz CT molecular complexity index is 203. The molecular formula is C9H11OW-. The zero-order chi connectivity index (χ0) is 7.56. The van der Waals surface area contributed by atoms with Gasteiger partial charge in [-0.1, -0.05) is 19.8 Å². The van der Waals surface area contributed by atoms with Crippen LogP contribution in [0.4, 0.5) is 0 Å². The molecule has 0 heterocycles. The van der Waals surface area contributed by atoms with Crippen LogP contribution in [0, 0.1) is 6.07 Å². The second kappa shape index (κ2) is 4.56. The van der Waals surface area contributed by atoms with E-state index in [0.717, 1.165) is 0 Å². The van der Waals surface area contributed by atoms with E-state index in [1.807, 2.05) is 12.1 Å². The Balaban J connectivity index is 0.000001000. The maximum Gasteiger partial charge on any atom is 0.00399 e. The average molecular weight is 319 g/mol. The van der Waals surface area contributed by atoms with Gasteiger partial charge < -0.3 is 5.11 Å². The van der Waals surface area contributed by atoms with Gasteiger partial charge in [0.05, 0.1) is 0 Å². The molecule has 0 atom stereocenters. The smallest absolute Gasteiger partial charge is 0.00399 e. The summed E-state index contributed by atoms with van der Waals surface area (Å²) < 4.78 is 0. The van der Waals surface area contributed by atoms with Crippen molar-refractivity contribution in [2.75, 3.05) is 0 Å². The zero-order valence-electron chi connectivity index (χ0n) is 6.66. The Labute approximate surface area is 81.7 Å². The maximum absolute atomic E-state index is 8.88. The Morgan fingerprint density at radius 1 is 1.36 bits per heavy atom. The van der Waals surface area contributed by atoms with Gasteiger partial charge in [0, 0.05) is 26.8 Å². The SMILES string of the molecule is CC(C)c1c[c-]c(O)cc1.[W]. The van der Waals surface area contributed by atoms with Crippen molar-refractivity contribution in [3.8, 4) is 5.75 Å². The Kier molecular flexibility index (Phi) is 4.44. The van der Waals surface area contributed by atoms with Crippen molar-refractivity contribution in [1.82, 2.24) is 0 Å². The van der Waals surface area contributed by atoms with E-state index >= 15 is 0 Å². The molecule has 1 aromatic carbocycles. The van der Waals surface area contributed by atoms with Crippen LogP contribution in [0.3, 0.4) is 0 Å². The first-order chi connectivity index (χ1) is 4.70. The number of aromatic hydroxyl groups is 1. The van der Waals surface area contributed by atoms with Crippen LogP contribution in [0.2, 0.25) is 0 Å². The summed E-state index contributed by atoms with van der Waals surface area (Å²) in [7, 11) is 0. The van der Waals surface area contributed by atoms with E-state index in [1.165, 1.54) is 5.56 Å². The monoisotopic (exact) mass is 319 g/mol. The Morgan fingerprint density at radius 2 is 2.00 bits per heavy atom. The topological polar surface area (TPSA) is 20.2 Å². The van der Waals surface area contributed by atoms with Crippen molar-refractivity contribution in [2.45, 2.75) is 19.8 Å². The van der Waals surface area contributed by atoms with Gasteiger partial charge in [-0.3, -0.25) is 0 Å². The number of hydrogen-bond acceptors (Lipinski definition) is 1. The molecule has 2 heteroatoms. The molecule has 1 nitrogen and oxygen atoms in total. The summed E-state index contributed by atoms with van der Waals surface area (Å²) in [5, 5.41) is 8.88. The molecule has 0 aliphatic carbocycles. The van der Waals surface area contributed by atoms with Gasteiger partial charge in [0.2, 0.25) is 0 Å². The molecule has 0 saturated heterocycles. The molecule has 60 valence electrons. The fraction of sp³-hybridized carbons (Fsp3) is 0.333. The number of phenolic OH excluding ortho intramolecular Hbond substituents is 1. The van der Waals surface area contributed by atoms with Gasteiger partial charge in [-0.05, 0) is 0 Å². The van der Waals surface area contributed by atoms with Crippen LogP contribution in [-0.2, 0) is 21.1 Å². The van der Waals surface area contributed by atoms with E-state index in [4.69, 9.17) is 5.11 Å². The molecule has 0 saturated carbocycles. The van der Waals surface area contributed by atoms with Crippen LogP contribution in [0.15, 0.2) is 18.2 Å². The minimum Gasteiger partial charge on any atom is -0.534 e. The number of rotatable bonds is 1. The van der Waals surface area contributed by atoms with Gasteiger partial charge in [-0.25, -0.2) is 0 Å². The van der Waals surface area contributed by atoms with Crippen molar-refractivity contribution in [2.24, 2.45) is 0 Å². The zero-order valence-corrected chi connectivity index (χ0v) is 9.60. The van der Waals surface area contributed by atoms with Crippen LogP contribution >= 0.6 is 0 Å². The van der Waals surface area contributed by atoms with Crippen molar-refractivity contribution < 1.29 is 26.2 Å². The van der Waals surface area contributed by atoms with E-state index in [2.05, 4.69) is 19.9 Å². The molecule has 0 spiro atoms. The molecule has 0 bridgehead atoms. The first-order valence-corrected chi connectivity index (χ1v) is 3.41. The predicted octanol–water partition coefficient (Wildman–Crippen LogP) is 2.31. The van der Waals surface area contributed by atoms with Crippen molar-refractivity contribution in [3.63, 3.8) is 0 Å². The number of hydrogen-bond donors (Lipinski definition) is 1. The van der Waals surface area contributed by atoms with Crippen molar-refractivity contribution >= 4 is 0 Å². The fourth-order valence-electron chi connectivity index (χ4n) is 0.788. The molecule has 0 radical (unpaired) electrons. The van der Waals surface area contributed by atoms with Gasteiger partial charge in [0.25, 0.3) is 0 Å². The predicted molar refractivity (Wildman–Crippen MR) is 41.0 cm³/mol. The Hall–Kier alpha value is -0.292. The van der Waals surface area contributed by atoms with E-state index in [0.29, 0.717) is 5.92 Å². The first kappa shape index (κ1) is 10.7. The van der Waals surface area contributed by atoms with Crippen LogP contribution in [0.1, 0.15) is 25.3 Å². The van der Waals surface area contributed by atoms with Crippen LogP contribution in [0.25, 0.3) is 0 Å². The summed E-state index contributed by atoms with van der Waals surface area (Å²) in [4.78, 5) is 0. The summed E-state index contributed by atoms with van der Waals surface area (Å²) in [6.07, 6.45) is 0. The first-order valence-electron chi connectivity index (χ1n) is 3.41. The normalized spacial score (nSPS) is 9.36. The molecule has 1 aromatic rings. The third kappa shape index (κ3) is 3.07. The minimum atomic E-state index is 0. The van der Waals surface area contributed by atoms with Gasteiger partial charge in [0.1, 0.15) is 0 Å². The largest absolute Gasteiger partial charge is 0.534 e. The van der Waals surface area contributed by atoms with E-state index < -0.39 is 0 Å². The summed E-state index contributed by atoms with van der Waals surface area (Å²) >= 11 is 0. The summed E-state index contributed by atoms with van der Waals surface area (Å²) in [6.45, 7) is 4.22. The molecule has 1 N–H and O–H groups in total. The van der Waals surface area contributed by atoms with E-state index in [1.54, 1.807) is 6.07 Å². The molecule has 11 heavy (non-hydrogen) atoms. The van der Waals surface area contributed by atoms with Crippen LogP contribution < -0.4 is 0 Å². The molecule has 0 unspecified atom stereocenters. The molecular weight excluding hydrogens is 308 g/mol. The van der Waals surface area contributed by atoms with Crippen LogP contribution in [0.5, 0.6) is 5.75 Å². The number of phenols is 1. The molecule has 0 amide bonds. The van der Waals surface area contributed by atoms with E-state index in [-0.39, 0.29) is 26.8 Å². The third-order valence-corrected chi connectivity index (χ3v) is 1.49. The van der Waals surface area contributed by atoms with Crippen LogP contribution in [-0.4, -0.2) is 5.11 Å². The second-order valence-electron chi connectivity index (χ2n) is 2.66. The maximum atomic E-state index is 8.88. The van der Waals surface area contributed by atoms with Gasteiger partial charge >= 0.3 is 0 Å².